The van der Waals surface area contributed by atoms with Gasteiger partial charge in [-0.3, -0.25) is 0 Å². The van der Waals surface area contributed by atoms with Crippen molar-refractivity contribution in [3.05, 3.63) is 0 Å². The van der Waals surface area contributed by atoms with E-state index in [1.54, 1.807) is 0 Å². The molecule has 0 saturated heterocycles. The van der Waals surface area contributed by atoms with E-state index < -0.39 is 12.3 Å². The van der Waals surface area contributed by atoms with Crippen LogP contribution in [0.25, 0.3) is 0 Å². The normalized spacial score (nSPS) is 6.00. The molecule has 0 heterocycles. The van der Waals surface area contributed by atoms with Gasteiger partial charge in [-0.1, -0.05) is 0 Å². The molecule has 0 aromatic heterocycles. The summed E-state index contributed by atoms with van der Waals surface area (Å²) in [6.45, 7) is 0. The molecule has 6 nitrogen and oxygen atoms in total. The summed E-state index contributed by atoms with van der Waals surface area (Å²) in [6, 6.07) is 0. The quantitative estimate of drug-likeness (QED) is 0.428. The van der Waals surface area contributed by atoms with Crippen molar-refractivity contribution in [3.8, 4) is 0 Å². The summed E-state index contributed by atoms with van der Waals surface area (Å²) < 4.78 is 0. The maximum Gasteiger partial charge on any atom is 0.547 e. The van der Waals surface area contributed by atoms with E-state index in [1.807, 2.05) is 0 Å². The molecular formula is C2H2Eu2O6. The van der Waals surface area contributed by atoms with Gasteiger partial charge in [-0.2, -0.15) is 0 Å². The van der Waals surface area contributed by atoms with Gasteiger partial charge in [0.05, 0.1) is 0 Å². The van der Waals surface area contributed by atoms with Crippen LogP contribution in [0.4, 0.5) is 9.59 Å². The third kappa shape index (κ3) is 16.4. The maximum absolute atomic E-state index is 9.29. The number of hydrogen-bond acceptors (Lipinski definition) is 4. The summed E-state index contributed by atoms with van der Waals surface area (Å²) in [5.41, 5.74) is 0. The van der Waals surface area contributed by atoms with Gasteiger partial charge in [0.2, 0.25) is 0 Å². The topological polar surface area (TPSA) is 93.1 Å². The summed E-state index contributed by atoms with van der Waals surface area (Å²) in [5, 5.41) is 15.1. The Morgan fingerprint density at radius 1 is 0.900 bits per heavy atom. The first-order chi connectivity index (χ1) is 3.63. The second-order valence-electron chi connectivity index (χ2n) is 0.698. The molecular weight excluding hydrogens is 424 g/mol. The van der Waals surface area contributed by atoms with Crippen LogP contribution in [-0.2, 0) is 9.78 Å². The molecule has 10 heavy (non-hydrogen) atoms. The Hall–Kier alpha value is 1.71. The van der Waals surface area contributed by atoms with E-state index in [2.05, 4.69) is 9.78 Å². The van der Waals surface area contributed by atoms with Crippen LogP contribution in [0.3, 0.4) is 0 Å². The Labute approximate surface area is 137 Å². The van der Waals surface area contributed by atoms with Crippen LogP contribution in [0.5, 0.6) is 0 Å². The Morgan fingerprint density at radius 3 is 1.20 bits per heavy atom. The Kier molecular flexibility index (Phi) is 19.0. The van der Waals surface area contributed by atoms with E-state index >= 15 is 0 Å². The minimum Gasteiger partial charge on any atom is -0.447 e. The molecule has 0 aromatic rings. The summed E-state index contributed by atoms with van der Waals surface area (Å²) in [4.78, 5) is 24.8. The van der Waals surface area contributed by atoms with Crippen molar-refractivity contribution in [2.45, 2.75) is 0 Å². The summed E-state index contributed by atoms with van der Waals surface area (Å²) in [6.07, 6.45) is -3.60. The minimum atomic E-state index is -1.80. The van der Waals surface area contributed by atoms with Crippen LogP contribution < -0.4 is 0 Å². The molecule has 2 radical (unpaired) electrons. The average Bonchev–Trinajstić information content (AvgIpc) is 1.61. The summed E-state index contributed by atoms with van der Waals surface area (Å²) in [5.74, 6) is 0. The number of carboxylic acid groups (broad SMARTS) is 2. The van der Waals surface area contributed by atoms with Crippen LogP contribution in [0.1, 0.15) is 0 Å². The Balaban J connectivity index is -0.000000245. The summed E-state index contributed by atoms with van der Waals surface area (Å²) >= 11 is 0. The van der Waals surface area contributed by atoms with Gasteiger partial charge in [-0.25, -0.2) is 19.4 Å². The zero-order valence-corrected chi connectivity index (χ0v) is 9.13. The third-order valence-corrected chi connectivity index (χ3v) is 0.184. The Morgan fingerprint density at radius 2 is 1.10 bits per heavy atom. The van der Waals surface area contributed by atoms with E-state index in [0.29, 0.717) is 0 Å². The SMILES string of the molecule is O=C(O)OOC(=O)O.[Eu].[Eu]. The van der Waals surface area contributed by atoms with Gasteiger partial charge in [0.15, 0.2) is 0 Å². The number of hydrogen-bond donors (Lipinski definition) is 2. The van der Waals surface area contributed by atoms with E-state index in [-0.39, 0.29) is 98.8 Å². The molecule has 2 N–H and O–H groups in total. The van der Waals surface area contributed by atoms with Crippen LogP contribution in [-0.4, -0.2) is 22.5 Å². The maximum atomic E-state index is 9.29. The largest absolute Gasteiger partial charge is 0.547 e. The zero-order valence-electron chi connectivity index (χ0n) is 4.28. The van der Waals surface area contributed by atoms with Crippen LogP contribution >= 0.6 is 0 Å². The van der Waals surface area contributed by atoms with Crippen molar-refractivity contribution in [2.75, 3.05) is 0 Å². The van der Waals surface area contributed by atoms with Gasteiger partial charge in [0, 0.05) is 98.8 Å². The molecule has 0 spiro atoms. The molecule has 0 bridgehead atoms. The number of rotatable bonds is 0. The molecule has 8 heteroatoms. The molecule has 60 valence electrons. The molecule has 0 aliphatic heterocycles. The first-order valence-electron chi connectivity index (χ1n) is 1.43. The van der Waals surface area contributed by atoms with Gasteiger partial charge in [0.25, 0.3) is 0 Å². The molecule has 0 unspecified atom stereocenters. The third-order valence-electron chi connectivity index (χ3n) is 0.184. The monoisotopic (exact) mass is 428 g/mol. The Bertz CT molecular complexity index is 98.3. The van der Waals surface area contributed by atoms with Crippen molar-refractivity contribution in [3.63, 3.8) is 0 Å². The van der Waals surface area contributed by atoms with Gasteiger partial charge in [-0.15, -0.1) is 0 Å². The van der Waals surface area contributed by atoms with Crippen molar-refractivity contribution in [1.82, 2.24) is 0 Å². The van der Waals surface area contributed by atoms with Crippen molar-refractivity contribution in [1.29, 1.82) is 0 Å². The smallest absolute Gasteiger partial charge is 0.447 e. The zero-order chi connectivity index (χ0) is 6.57. The van der Waals surface area contributed by atoms with Crippen LogP contribution in [0.15, 0.2) is 0 Å². The molecule has 0 fully saturated rings. The second kappa shape index (κ2) is 10.7. The predicted molar refractivity (Wildman–Crippen MR) is 18.2 cm³/mol. The average molecular weight is 426 g/mol. The molecule has 0 aliphatic carbocycles. The molecule has 0 saturated carbocycles. The fourth-order valence-electron chi connectivity index (χ4n) is 0.0713. The molecule has 0 aliphatic rings. The van der Waals surface area contributed by atoms with Gasteiger partial charge >= 0.3 is 12.3 Å². The second-order valence-corrected chi connectivity index (χ2v) is 0.698. The van der Waals surface area contributed by atoms with E-state index in [1.165, 1.54) is 0 Å². The first-order valence-corrected chi connectivity index (χ1v) is 1.43. The van der Waals surface area contributed by atoms with Crippen molar-refractivity contribution in [2.24, 2.45) is 0 Å². The molecule has 0 atom stereocenters. The van der Waals surface area contributed by atoms with Gasteiger partial charge in [0.1, 0.15) is 0 Å². The van der Waals surface area contributed by atoms with Gasteiger partial charge in [-0.05, 0) is 0 Å². The molecule has 0 amide bonds. The molecule has 0 rings (SSSR count). The number of carbonyl (C=O) groups is 2. The molecule has 0 aromatic carbocycles. The van der Waals surface area contributed by atoms with Crippen molar-refractivity contribution < 1.29 is 128 Å². The van der Waals surface area contributed by atoms with E-state index in [9.17, 15) is 9.59 Å². The summed E-state index contributed by atoms with van der Waals surface area (Å²) in [7, 11) is 0. The fourth-order valence-corrected chi connectivity index (χ4v) is 0.0713. The fraction of sp³-hybridized carbons (Fsp3) is 0. The first kappa shape index (κ1) is 17.7. The van der Waals surface area contributed by atoms with Crippen LogP contribution in [0.2, 0.25) is 0 Å². The van der Waals surface area contributed by atoms with E-state index in [0.717, 1.165) is 0 Å². The van der Waals surface area contributed by atoms with Crippen molar-refractivity contribution >= 4 is 12.3 Å². The van der Waals surface area contributed by atoms with Crippen LogP contribution in [0, 0.1) is 98.8 Å². The minimum absolute atomic E-state index is 0. The van der Waals surface area contributed by atoms with Gasteiger partial charge < -0.3 is 10.2 Å². The predicted octanol–water partition coefficient (Wildman–Crippen LogP) is 0.291. The standard InChI is InChI=1S/C2H2O6.2Eu/c3-1(4)7-8-2(5)6;;/h(H,3,4)(H,5,6);;. The van der Waals surface area contributed by atoms with E-state index in [4.69, 9.17) is 10.2 Å².